The van der Waals surface area contributed by atoms with Gasteiger partial charge in [-0.05, 0) is 75.6 Å². The van der Waals surface area contributed by atoms with Gasteiger partial charge in [0.05, 0.1) is 5.92 Å². The van der Waals surface area contributed by atoms with E-state index in [1.807, 2.05) is 0 Å². The van der Waals surface area contributed by atoms with Gasteiger partial charge in [-0.25, -0.2) is 0 Å². The smallest absolute Gasteiger partial charge is 0.224 e. The van der Waals surface area contributed by atoms with Gasteiger partial charge in [-0.15, -0.1) is 0 Å². The van der Waals surface area contributed by atoms with Crippen LogP contribution in [0.15, 0.2) is 24.4 Å². The van der Waals surface area contributed by atoms with Crippen molar-refractivity contribution in [2.75, 3.05) is 13.6 Å². The minimum Gasteiger partial charge on any atom is -0.353 e. The molecule has 4 heteroatoms. The molecule has 1 aromatic heterocycles. The maximum absolute atomic E-state index is 13.2. The summed E-state index contributed by atoms with van der Waals surface area (Å²) >= 11 is 0. The Balaban J connectivity index is 1.39. The van der Waals surface area contributed by atoms with E-state index >= 15 is 0 Å². The molecule has 4 nitrogen and oxygen atoms in total. The SMILES string of the molecule is CCn1cc2c3c(cccc31)[C@@H]1C[C@@H](C(=O)NC3CCC(C)CC3)CN(C)[C@@H]1C2. The zero-order valence-electron chi connectivity index (χ0n) is 18.2. The third kappa shape index (κ3) is 3.30. The van der Waals surface area contributed by atoms with Crippen molar-refractivity contribution in [2.45, 2.75) is 76.9 Å². The lowest BCUT2D eigenvalue weighted by atomic mass is 9.72. The second kappa shape index (κ2) is 7.46. The maximum atomic E-state index is 13.2. The van der Waals surface area contributed by atoms with Crippen LogP contribution in [0, 0.1) is 11.8 Å². The molecule has 0 radical (unpaired) electrons. The van der Waals surface area contributed by atoms with Crippen LogP contribution in [-0.2, 0) is 17.8 Å². The van der Waals surface area contributed by atoms with Crippen LogP contribution in [0.1, 0.15) is 63.0 Å². The van der Waals surface area contributed by atoms with Gasteiger partial charge in [-0.2, -0.15) is 0 Å². The zero-order valence-corrected chi connectivity index (χ0v) is 18.2. The third-order valence-corrected chi connectivity index (χ3v) is 8.00. The summed E-state index contributed by atoms with van der Waals surface area (Å²) in [6.45, 7) is 6.45. The van der Waals surface area contributed by atoms with Crippen molar-refractivity contribution in [1.82, 2.24) is 14.8 Å². The van der Waals surface area contributed by atoms with Gasteiger partial charge in [0.2, 0.25) is 5.91 Å². The first-order chi connectivity index (χ1) is 14.0. The van der Waals surface area contributed by atoms with E-state index in [0.29, 0.717) is 23.9 Å². The number of amides is 1. The van der Waals surface area contributed by atoms with Crippen molar-refractivity contribution in [3.63, 3.8) is 0 Å². The van der Waals surface area contributed by atoms with Crippen LogP contribution in [0.3, 0.4) is 0 Å². The summed E-state index contributed by atoms with van der Waals surface area (Å²) in [5.41, 5.74) is 4.32. The molecule has 3 aliphatic rings. The Morgan fingerprint density at radius 2 is 2.00 bits per heavy atom. The molecule has 0 unspecified atom stereocenters. The van der Waals surface area contributed by atoms with Crippen molar-refractivity contribution >= 4 is 16.8 Å². The molecule has 156 valence electrons. The number of aromatic nitrogens is 1. The van der Waals surface area contributed by atoms with Crippen molar-refractivity contribution in [2.24, 2.45) is 11.8 Å². The second-order valence-electron chi connectivity index (χ2n) is 9.90. The van der Waals surface area contributed by atoms with Gasteiger partial charge in [0.15, 0.2) is 0 Å². The molecule has 2 aliphatic carbocycles. The van der Waals surface area contributed by atoms with Crippen molar-refractivity contribution in [1.29, 1.82) is 0 Å². The number of aryl methyl sites for hydroxylation is 1. The maximum Gasteiger partial charge on any atom is 0.224 e. The summed E-state index contributed by atoms with van der Waals surface area (Å²) in [5.74, 6) is 1.67. The molecule has 2 heterocycles. The highest BCUT2D eigenvalue weighted by atomic mass is 16.2. The molecular formula is C25H35N3O. The Kier molecular flexibility index (Phi) is 4.93. The molecule has 3 atom stereocenters. The van der Waals surface area contributed by atoms with E-state index < -0.39 is 0 Å². The average Bonchev–Trinajstić information content (AvgIpc) is 3.09. The fourth-order valence-electron chi connectivity index (χ4n) is 6.29. The number of likely N-dealkylation sites (tertiary alicyclic amines) is 1. The topological polar surface area (TPSA) is 37.3 Å². The minimum absolute atomic E-state index is 0.102. The van der Waals surface area contributed by atoms with Crippen LogP contribution in [0.25, 0.3) is 10.9 Å². The molecule has 1 saturated heterocycles. The van der Waals surface area contributed by atoms with E-state index in [1.165, 1.54) is 34.9 Å². The predicted molar refractivity (Wildman–Crippen MR) is 118 cm³/mol. The van der Waals surface area contributed by atoms with Gasteiger partial charge >= 0.3 is 0 Å². The van der Waals surface area contributed by atoms with E-state index in [-0.39, 0.29) is 5.92 Å². The van der Waals surface area contributed by atoms with Crippen LogP contribution in [0.5, 0.6) is 0 Å². The van der Waals surface area contributed by atoms with Gasteiger partial charge in [0, 0.05) is 48.2 Å². The van der Waals surface area contributed by atoms with E-state index in [2.05, 4.69) is 60.1 Å². The first-order valence-corrected chi connectivity index (χ1v) is 11.7. The molecule has 1 amide bonds. The van der Waals surface area contributed by atoms with E-state index in [4.69, 9.17) is 0 Å². The van der Waals surface area contributed by atoms with Gasteiger partial charge in [0.25, 0.3) is 0 Å². The molecule has 2 aromatic rings. The number of carbonyl (C=O) groups is 1. The Morgan fingerprint density at radius 3 is 2.76 bits per heavy atom. The highest BCUT2D eigenvalue weighted by molar-refractivity contribution is 5.89. The summed E-state index contributed by atoms with van der Waals surface area (Å²) < 4.78 is 2.39. The second-order valence-corrected chi connectivity index (χ2v) is 9.90. The number of rotatable bonds is 3. The lowest BCUT2D eigenvalue weighted by Gasteiger charge is -2.45. The zero-order chi connectivity index (χ0) is 20.1. The Bertz CT molecular complexity index is 908. The number of benzene rings is 1. The van der Waals surface area contributed by atoms with Gasteiger partial charge in [-0.1, -0.05) is 19.1 Å². The van der Waals surface area contributed by atoms with E-state index in [1.54, 1.807) is 0 Å². The molecule has 29 heavy (non-hydrogen) atoms. The van der Waals surface area contributed by atoms with Crippen LogP contribution in [-0.4, -0.2) is 41.1 Å². The monoisotopic (exact) mass is 393 g/mol. The van der Waals surface area contributed by atoms with Crippen molar-refractivity contribution < 1.29 is 4.79 Å². The molecule has 1 saturated carbocycles. The number of likely N-dealkylation sites (N-methyl/N-ethyl adjacent to an activating group) is 1. The number of carbonyl (C=O) groups excluding carboxylic acids is 1. The molecule has 5 rings (SSSR count). The number of piperidine rings is 1. The van der Waals surface area contributed by atoms with Crippen LogP contribution in [0.2, 0.25) is 0 Å². The van der Waals surface area contributed by atoms with E-state index in [9.17, 15) is 4.79 Å². The molecule has 2 fully saturated rings. The lowest BCUT2D eigenvalue weighted by molar-refractivity contribution is -0.128. The highest BCUT2D eigenvalue weighted by Gasteiger charge is 2.42. The fraction of sp³-hybridized carbons (Fsp3) is 0.640. The Labute approximate surface area is 174 Å². The van der Waals surface area contributed by atoms with Crippen LogP contribution < -0.4 is 5.32 Å². The summed E-state index contributed by atoms with van der Waals surface area (Å²) in [4.78, 5) is 15.6. The highest BCUT2D eigenvalue weighted by Crippen LogP contribution is 2.45. The number of fused-ring (bicyclic) bond motifs is 2. The van der Waals surface area contributed by atoms with Crippen LogP contribution in [0.4, 0.5) is 0 Å². The Hall–Kier alpha value is -1.81. The summed E-state index contributed by atoms with van der Waals surface area (Å²) in [6.07, 6.45) is 9.25. The summed E-state index contributed by atoms with van der Waals surface area (Å²) in [7, 11) is 2.22. The van der Waals surface area contributed by atoms with Gasteiger partial charge < -0.3 is 14.8 Å². The Morgan fingerprint density at radius 1 is 1.21 bits per heavy atom. The first-order valence-electron chi connectivity index (χ1n) is 11.7. The number of hydrogen-bond donors (Lipinski definition) is 1. The summed E-state index contributed by atoms with van der Waals surface area (Å²) in [5, 5.41) is 4.88. The number of nitrogens with zero attached hydrogens (tertiary/aromatic N) is 2. The largest absolute Gasteiger partial charge is 0.353 e. The molecule has 1 aromatic carbocycles. The lowest BCUT2D eigenvalue weighted by Crippen LogP contribution is -2.52. The molecule has 1 N–H and O–H groups in total. The molecule has 1 aliphatic heterocycles. The van der Waals surface area contributed by atoms with Crippen molar-refractivity contribution in [3.8, 4) is 0 Å². The first kappa shape index (κ1) is 19.2. The summed E-state index contributed by atoms with van der Waals surface area (Å²) in [6, 6.07) is 7.69. The third-order valence-electron chi connectivity index (χ3n) is 8.00. The average molecular weight is 394 g/mol. The van der Waals surface area contributed by atoms with Crippen LogP contribution >= 0.6 is 0 Å². The van der Waals surface area contributed by atoms with E-state index in [0.717, 1.165) is 44.7 Å². The quantitative estimate of drug-likeness (QED) is 0.843. The molecular weight excluding hydrogens is 358 g/mol. The number of nitrogens with one attached hydrogen (secondary N) is 1. The molecule has 0 spiro atoms. The fourth-order valence-corrected chi connectivity index (χ4v) is 6.29. The normalized spacial score (nSPS) is 32.2. The van der Waals surface area contributed by atoms with Gasteiger partial charge in [-0.3, -0.25) is 4.79 Å². The van der Waals surface area contributed by atoms with Crippen molar-refractivity contribution in [3.05, 3.63) is 35.5 Å². The minimum atomic E-state index is 0.102. The number of hydrogen-bond acceptors (Lipinski definition) is 2. The standard InChI is InChI=1S/C25H35N3O/c1-4-28-15-17-13-23-21(20-6-5-7-22(28)24(17)20)12-18(14-27(23)3)25(29)26-19-10-8-16(2)9-11-19/h5-7,15-16,18-19,21,23H,4,8-14H2,1-3H3,(H,26,29)/t16?,18-,19?,21+,23-/m1/s1. The predicted octanol–water partition coefficient (Wildman–Crippen LogP) is 4.32. The molecule has 0 bridgehead atoms. The van der Waals surface area contributed by atoms with Gasteiger partial charge in [0.1, 0.15) is 0 Å².